The molecule has 1 atom stereocenters. The molecule has 228 valence electrons. The van der Waals surface area contributed by atoms with Crippen molar-refractivity contribution in [3.05, 3.63) is 130 Å². The molecule has 0 fully saturated rings. The third kappa shape index (κ3) is 8.66. The van der Waals surface area contributed by atoms with Crippen molar-refractivity contribution >= 4 is 22.4 Å². The van der Waals surface area contributed by atoms with Crippen molar-refractivity contribution in [3.8, 4) is 5.75 Å². The zero-order valence-corrected chi connectivity index (χ0v) is 25.2. The van der Waals surface area contributed by atoms with E-state index in [-0.39, 0.29) is 46.8 Å². The maximum Gasteiger partial charge on any atom is 0.417 e. The largest absolute Gasteiger partial charge is 0.493 e. The second kappa shape index (κ2) is 15.0. The smallest absolute Gasteiger partial charge is 0.417 e. The summed E-state index contributed by atoms with van der Waals surface area (Å²) >= 11 is 6.29. The van der Waals surface area contributed by atoms with Crippen LogP contribution in [0.15, 0.2) is 95.9 Å². The molecule has 0 spiro atoms. The van der Waals surface area contributed by atoms with Crippen LogP contribution in [0.4, 0.5) is 17.6 Å². The lowest BCUT2D eigenvalue weighted by atomic mass is 9.90. The molecule has 1 unspecified atom stereocenters. The Bertz CT molecular complexity index is 1480. The Hall–Kier alpha value is -3.24. The third-order valence-electron chi connectivity index (χ3n) is 7.15. The van der Waals surface area contributed by atoms with Crippen molar-refractivity contribution < 1.29 is 26.5 Å². The quantitative estimate of drug-likeness (QED) is 0.121. The minimum Gasteiger partial charge on any atom is -0.493 e. The van der Waals surface area contributed by atoms with E-state index in [0.717, 1.165) is 17.2 Å². The monoisotopic (exact) mass is 632 g/mol. The summed E-state index contributed by atoms with van der Waals surface area (Å²) in [6.07, 6.45) is -2.64. The standard InChI is InChI=1S/C33H33ClF4N2O2S/c1-43(41)31-19-26(18-30(35)27(31)20-39)42-17-9-16-40(21-25-14-8-15-29(32(25)34)33(36,37)38)22-28(23-10-4-2-5-11-23)24-12-6-3-7-13-24/h2-8,10-15,18-19,28H,9,16-17,20-22,39H2,1H3. The van der Waals surface area contributed by atoms with Crippen molar-refractivity contribution in [1.29, 1.82) is 0 Å². The van der Waals surface area contributed by atoms with Gasteiger partial charge in [-0.1, -0.05) is 84.4 Å². The van der Waals surface area contributed by atoms with Gasteiger partial charge >= 0.3 is 6.18 Å². The first-order chi connectivity index (χ1) is 20.6. The van der Waals surface area contributed by atoms with Crippen LogP contribution in [0.1, 0.15) is 40.2 Å². The molecular weight excluding hydrogens is 600 g/mol. The maximum atomic E-state index is 14.6. The number of alkyl halides is 3. The predicted molar refractivity (Wildman–Crippen MR) is 163 cm³/mol. The first-order valence-electron chi connectivity index (χ1n) is 13.7. The SMILES string of the molecule is CS(=O)c1cc(OCCCN(Cc2cccc(C(F)(F)F)c2Cl)CC(c2ccccc2)c2ccccc2)cc(F)c1CN. The lowest BCUT2D eigenvalue weighted by molar-refractivity contribution is -0.137. The lowest BCUT2D eigenvalue weighted by Crippen LogP contribution is -2.31. The van der Waals surface area contributed by atoms with E-state index in [1.54, 1.807) is 6.07 Å². The highest BCUT2D eigenvalue weighted by atomic mass is 35.5. The van der Waals surface area contributed by atoms with Crippen molar-refractivity contribution in [2.45, 2.75) is 36.5 Å². The van der Waals surface area contributed by atoms with Crippen LogP contribution in [-0.2, 0) is 30.1 Å². The molecule has 0 aliphatic rings. The van der Waals surface area contributed by atoms with Gasteiger partial charge in [-0.05, 0) is 35.2 Å². The van der Waals surface area contributed by atoms with E-state index in [0.29, 0.717) is 25.1 Å². The molecule has 0 amide bonds. The summed E-state index contributed by atoms with van der Waals surface area (Å²) in [4.78, 5) is 2.34. The fraction of sp³-hybridized carbons (Fsp3) is 0.273. The summed E-state index contributed by atoms with van der Waals surface area (Å²) in [5.41, 5.74) is 7.45. The highest BCUT2D eigenvalue weighted by Gasteiger charge is 2.34. The van der Waals surface area contributed by atoms with Crippen LogP contribution in [0.3, 0.4) is 0 Å². The molecule has 0 aliphatic heterocycles. The summed E-state index contributed by atoms with van der Waals surface area (Å²) in [6, 6.07) is 26.5. The number of benzene rings is 4. The molecule has 0 saturated carbocycles. The van der Waals surface area contributed by atoms with Gasteiger partial charge in [-0.25, -0.2) is 4.39 Å². The zero-order valence-electron chi connectivity index (χ0n) is 23.6. The van der Waals surface area contributed by atoms with Crippen LogP contribution in [0.2, 0.25) is 5.02 Å². The number of rotatable bonds is 13. The first kappa shape index (κ1) is 32.7. The van der Waals surface area contributed by atoms with Crippen molar-refractivity contribution in [3.63, 3.8) is 0 Å². The second-order valence-electron chi connectivity index (χ2n) is 10.1. The van der Waals surface area contributed by atoms with E-state index in [4.69, 9.17) is 22.1 Å². The van der Waals surface area contributed by atoms with Crippen LogP contribution in [0, 0.1) is 5.82 Å². The summed E-state index contributed by atoms with van der Waals surface area (Å²) in [7, 11) is -1.45. The van der Waals surface area contributed by atoms with E-state index < -0.39 is 28.4 Å². The van der Waals surface area contributed by atoms with Gasteiger partial charge in [0.15, 0.2) is 0 Å². The summed E-state index contributed by atoms with van der Waals surface area (Å²) < 4.78 is 73.4. The molecule has 4 aromatic carbocycles. The molecule has 43 heavy (non-hydrogen) atoms. The summed E-state index contributed by atoms with van der Waals surface area (Å²) in [6.45, 7) is 1.25. The number of nitrogens with two attached hydrogens (primary N) is 1. The molecule has 4 nitrogen and oxygen atoms in total. The highest BCUT2D eigenvalue weighted by Crippen LogP contribution is 2.37. The Kier molecular flexibility index (Phi) is 11.4. The minimum atomic E-state index is -4.57. The first-order valence-corrected chi connectivity index (χ1v) is 15.7. The van der Waals surface area contributed by atoms with Gasteiger partial charge in [-0.2, -0.15) is 13.2 Å². The van der Waals surface area contributed by atoms with Gasteiger partial charge in [0.05, 0.1) is 28.0 Å². The normalized spacial score (nSPS) is 12.6. The second-order valence-corrected chi connectivity index (χ2v) is 11.9. The number of halogens is 5. The average Bonchev–Trinajstić information content (AvgIpc) is 2.98. The van der Waals surface area contributed by atoms with E-state index in [2.05, 4.69) is 4.90 Å². The highest BCUT2D eigenvalue weighted by molar-refractivity contribution is 7.84. The van der Waals surface area contributed by atoms with Crippen LogP contribution >= 0.6 is 11.6 Å². The van der Waals surface area contributed by atoms with Crippen LogP contribution in [-0.4, -0.2) is 35.1 Å². The molecular formula is C33H33ClF4N2O2S. The number of nitrogens with zero attached hydrogens (tertiary/aromatic N) is 1. The van der Waals surface area contributed by atoms with Gasteiger partial charge in [0.25, 0.3) is 0 Å². The minimum absolute atomic E-state index is 0.0621. The number of hydrogen-bond donors (Lipinski definition) is 1. The lowest BCUT2D eigenvalue weighted by Gasteiger charge is -2.29. The molecule has 0 heterocycles. The number of ether oxygens (including phenoxy) is 1. The number of hydrogen-bond acceptors (Lipinski definition) is 4. The van der Waals surface area contributed by atoms with E-state index >= 15 is 0 Å². The molecule has 0 aromatic heterocycles. The van der Waals surface area contributed by atoms with Gasteiger partial charge < -0.3 is 10.5 Å². The van der Waals surface area contributed by atoms with Gasteiger partial charge in [-0.3, -0.25) is 9.11 Å². The van der Waals surface area contributed by atoms with Gasteiger partial charge in [0, 0.05) is 54.9 Å². The Balaban J connectivity index is 1.57. The van der Waals surface area contributed by atoms with Crippen LogP contribution in [0.5, 0.6) is 5.75 Å². The Morgan fingerprint density at radius 3 is 2.14 bits per heavy atom. The van der Waals surface area contributed by atoms with E-state index in [1.807, 2.05) is 60.7 Å². The topological polar surface area (TPSA) is 55.6 Å². The van der Waals surface area contributed by atoms with Crippen molar-refractivity contribution in [2.24, 2.45) is 5.73 Å². The fourth-order valence-electron chi connectivity index (χ4n) is 5.03. The molecule has 0 aliphatic carbocycles. The molecule has 10 heteroatoms. The van der Waals surface area contributed by atoms with Crippen LogP contribution in [0.25, 0.3) is 0 Å². The predicted octanol–water partition coefficient (Wildman–Crippen LogP) is 7.80. The molecule has 0 radical (unpaired) electrons. The van der Waals surface area contributed by atoms with E-state index in [9.17, 15) is 21.8 Å². The summed E-state index contributed by atoms with van der Waals surface area (Å²) in [5.74, 6) is -0.411. The molecule has 0 saturated heterocycles. The Labute approximate surface area is 256 Å². The van der Waals surface area contributed by atoms with E-state index in [1.165, 1.54) is 24.5 Å². The third-order valence-corrected chi connectivity index (χ3v) is 8.58. The molecule has 4 aromatic rings. The van der Waals surface area contributed by atoms with Gasteiger partial charge in [0.1, 0.15) is 11.6 Å². The van der Waals surface area contributed by atoms with Crippen molar-refractivity contribution in [2.75, 3.05) is 26.0 Å². The molecule has 4 rings (SSSR count). The molecule has 2 N–H and O–H groups in total. The fourth-order valence-corrected chi connectivity index (χ4v) is 6.14. The van der Waals surface area contributed by atoms with Gasteiger partial charge in [-0.15, -0.1) is 0 Å². The summed E-state index contributed by atoms with van der Waals surface area (Å²) in [5, 5.41) is -0.317. The Morgan fingerprint density at radius 1 is 0.953 bits per heavy atom. The Morgan fingerprint density at radius 2 is 1.58 bits per heavy atom. The average molecular weight is 633 g/mol. The maximum absolute atomic E-state index is 14.6. The zero-order chi connectivity index (χ0) is 31.0. The van der Waals surface area contributed by atoms with Crippen molar-refractivity contribution in [1.82, 2.24) is 4.90 Å². The molecule has 0 bridgehead atoms. The van der Waals surface area contributed by atoms with Gasteiger partial charge in [0.2, 0.25) is 0 Å². The van der Waals surface area contributed by atoms with Crippen LogP contribution < -0.4 is 10.5 Å².